The second-order valence-corrected chi connectivity index (χ2v) is 5.68. The molecular weight excluding hydrogens is 322 g/mol. The Morgan fingerprint density at radius 2 is 2.16 bits per heavy atom. The lowest BCUT2D eigenvalue weighted by atomic mass is 10.1. The molecule has 1 aromatic carbocycles. The Balaban J connectivity index is 1.80. The van der Waals surface area contributed by atoms with Crippen LogP contribution in [-0.2, 0) is 6.54 Å². The van der Waals surface area contributed by atoms with E-state index in [-0.39, 0.29) is 5.82 Å². The minimum atomic E-state index is -0.507. The third-order valence-electron chi connectivity index (χ3n) is 3.68. The van der Waals surface area contributed by atoms with Gasteiger partial charge in [0.2, 0.25) is 5.65 Å². The van der Waals surface area contributed by atoms with E-state index in [2.05, 4.69) is 22.3 Å². The van der Waals surface area contributed by atoms with Crippen molar-refractivity contribution in [3.63, 3.8) is 0 Å². The van der Waals surface area contributed by atoms with Crippen molar-refractivity contribution in [2.75, 3.05) is 11.9 Å². The Bertz CT molecular complexity index is 906. The topological polar surface area (TPSA) is 94.6 Å². The van der Waals surface area contributed by atoms with Crippen LogP contribution in [0.4, 0.5) is 11.6 Å². The zero-order valence-electron chi connectivity index (χ0n) is 14.1. The van der Waals surface area contributed by atoms with E-state index in [9.17, 15) is 10.1 Å². The molecule has 0 unspecified atom stereocenters. The van der Waals surface area contributed by atoms with Gasteiger partial charge in [0.05, 0.1) is 6.61 Å². The van der Waals surface area contributed by atoms with Crippen LogP contribution in [0, 0.1) is 17.0 Å². The van der Waals surface area contributed by atoms with Crippen LogP contribution in [0.3, 0.4) is 0 Å². The predicted octanol–water partition coefficient (Wildman–Crippen LogP) is 3.35. The number of fused-ring (bicyclic) bond motifs is 1. The molecule has 3 aromatic rings. The van der Waals surface area contributed by atoms with Crippen molar-refractivity contribution in [3.8, 4) is 5.75 Å². The average Bonchev–Trinajstić information content (AvgIpc) is 3.02. The molecule has 0 atom stereocenters. The summed E-state index contributed by atoms with van der Waals surface area (Å²) in [6.45, 7) is 5.23. The fraction of sp³-hybridized carbons (Fsp3) is 0.294. The number of hydrogen-bond acceptors (Lipinski definition) is 6. The Morgan fingerprint density at radius 1 is 1.32 bits per heavy atom. The van der Waals surface area contributed by atoms with Crippen LogP contribution in [0.25, 0.3) is 5.65 Å². The van der Waals surface area contributed by atoms with E-state index in [1.54, 1.807) is 12.1 Å². The first-order valence-corrected chi connectivity index (χ1v) is 8.04. The summed E-state index contributed by atoms with van der Waals surface area (Å²) in [5.41, 5.74) is 2.56. The quantitative estimate of drug-likeness (QED) is 0.523. The van der Waals surface area contributed by atoms with Crippen molar-refractivity contribution in [2.24, 2.45) is 0 Å². The number of benzene rings is 1. The van der Waals surface area contributed by atoms with Gasteiger partial charge in [-0.3, -0.25) is 0 Å². The zero-order valence-corrected chi connectivity index (χ0v) is 14.1. The second kappa shape index (κ2) is 7.16. The third kappa shape index (κ3) is 3.68. The van der Waals surface area contributed by atoms with E-state index in [1.165, 1.54) is 10.7 Å². The lowest BCUT2D eigenvalue weighted by molar-refractivity contribution is -0.391. The highest BCUT2D eigenvalue weighted by Crippen LogP contribution is 2.22. The van der Waals surface area contributed by atoms with Crippen LogP contribution in [0.5, 0.6) is 5.75 Å². The van der Waals surface area contributed by atoms with E-state index in [0.29, 0.717) is 24.6 Å². The van der Waals surface area contributed by atoms with E-state index in [1.807, 2.05) is 25.1 Å². The first-order valence-electron chi connectivity index (χ1n) is 8.04. The van der Waals surface area contributed by atoms with Gasteiger partial charge in [0.25, 0.3) is 0 Å². The smallest absolute Gasteiger partial charge is 0.368 e. The molecule has 2 heterocycles. The molecule has 0 saturated carbocycles. The third-order valence-corrected chi connectivity index (χ3v) is 3.68. The van der Waals surface area contributed by atoms with Gasteiger partial charge in [-0.25, -0.2) is 4.98 Å². The molecule has 8 heteroatoms. The van der Waals surface area contributed by atoms with Crippen molar-refractivity contribution in [1.82, 2.24) is 14.6 Å². The van der Waals surface area contributed by atoms with Crippen molar-refractivity contribution in [3.05, 3.63) is 57.8 Å². The number of ether oxygens (including phenoxy) is 1. The summed E-state index contributed by atoms with van der Waals surface area (Å²) in [6, 6.07) is 9.46. The summed E-state index contributed by atoms with van der Waals surface area (Å²) in [7, 11) is 0. The molecule has 0 bridgehead atoms. The van der Waals surface area contributed by atoms with Crippen LogP contribution < -0.4 is 10.1 Å². The number of imidazole rings is 1. The van der Waals surface area contributed by atoms with Gasteiger partial charge in [-0.15, -0.1) is 0 Å². The van der Waals surface area contributed by atoms with Gasteiger partial charge < -0.3 is 20.2 Å². The highest BCUT2D eigenvalue weighted by Gasteiger charge is 2.16. The van der Waals surface area contributed by atoms with E-state index < -0.39 is 4.92 Å². The lowest BCUT2D eigenvalue weighted by Crippen LogP contribution is -2.07. The molecule has 0 aliphatic heterocycles. The first-order chi connectivity index (χ1) is 12.1. The number of aryl methyl sites for hydroxylation is 1. The molecular formula is C17H19N5O3. The number of nitrogens with zero attached hydrogens (tertiary/aromatic N) is 4. The number of nitro groups is 1. The Morgan fingerprint density at radius 3 is 2.92 bits per heavy atom. The molecule has 0 fully saturated rings. The van der Waals surface area contributed by atoms with Gasteiger partial charge in [-0.1, -0.05) is 28.7 Å². The van der Waals surface area contributed by atoms with Crippen LogP contribution in [0.15, 0.2) is 36.5 Å². The van der Waals surface area contributed by atoms with Gasteiger partial charge >= 0.3 is 5.82 Å². The van der Waals surface area contributed by atoms with E-state index >= 15 is 0 Å². The minimum Gasteiger partial charge on any atom is -0.493 e. The van der Waals surface area contributed by atoms with Crippen LogP contribution in [0.1, 0.15) is 24.5 Å². The van der Waals surface area contributed by atoms with Crippen molar-refractivity contribution in [1.29, 1.82) is 0 Å². The van der Waals surface area contributed by atoms with Crippen LogP contribution in [-0.4, -0.2) is 26.1 Å². The van der Waals surface area contributed by atoms with Crippen molar-refractivity contribution in [2.45, 2.75) is 26.8 Å². The largest absolute Gasteiger partial charge is 0.493 e. The fourth-order valence-corrected chi connectivity index (χ4v) is 2.42. The first kappa shape index (κ1) is 16.7. The maximum Gasteiger partial charge on any atom is 0.368 e. The van der Waals surface area contributed by atoms with Gasteiger partial charge in [-0.05, 0) is 36.0 Å². The molecule has 3 rings (SSSR count). The maximum atomic E-state index is 11.0. The van der Waals surface area contributed by atoms with Crippen LogP contribution in [0.2, 0.25) is 0 Å². The summed E-state index contributed by atoms with van der Waals surface area (Å²) < 4.78 is 7.01. The number of nitrogens with one attached hydrogen (secondary N) is 1. The lowest BCUT2D eigenvalue weighted by Gasteiger charge is -2.12. The molecule has 130 valence electrons. The Hall–Kier alpha value is -3.16. The normalized spacial score (nSPS) is 10.8. The molecule has 1 N–H and O–H groups in total. The molecule has 0 amide bonds. The fourth-order valence-electron chi connectivity index (χ4n) is 2.42. The number of aromatic nitrogens is 3. The van der Waals surface area contributed by atoms with Crippen molar-refractivity contribution < 1.29 is 9.66 Å². The minimum absolute atomic E-state index is 0.166. The standard InChI is InChI=1S/C17H19N5O3/c1-3-8-25-14-9-12(2)4-5-13(14)10-18-15-6-7-16-19-11-17(22(23)24)21(16)20-15/h4-7,9,11H,3,8,10H2,1-2H3,(H,18,20). The monoisotopic (exact) mass is 341 g/mol. The maximum absolute atomic E-state index is 11.0. The molecule has 0 aliphatic rings. The van der Waals surface area contributed by atoms with Gasteiger partial charge in [-0.2, -0.15) is 0 Å². The molecule has 8 nitrogen and oxygen atoms in total. The molecule has 25 heavy (non-hydrogen) atoms. The molecule has 0 aliphatic carbocycles. The summed E-state index contributed by atoms with van der Waals surface area (Å²) >= 11 is 0. The highest BCUT2D eigenvalue weighted by molar-refractivity contribution is 5.49. The highest BCUT2D eigenvalue weighted by atomic mass is 16.6. The Kier molecular flexibility index (Phi) is 4.78. The average molecular weight is 341 g/mol. The van der Waals surface area contributed by atoms with E-state index in [0.717, 1.165) is 23.3 Å². The summed E-state index contributed by atoms with van der Waals surface area (Å²) in [4.78, 5) is 14.5. The molecule has 0 radical (unpaired) electrons. The predicted molar refractivity (Wildman–Crippen MR) is 93.9 cm³/mol. The Labute approximate surface area is 144 Å². The van der Waals surface area contributed by atoms with Gasteiger partial charge in [0.1, 0.15) is 11.9 Å². The molecule has 0 saturated heterocycles. The molecule has 0 spiro atoms. The summed E-state index contributed by atoms with van der Waals surface area (Å²) in [5, 5.41) is 18.4. The zero-order chi connectivity index (χ0) is 17.8. The second-order valence-electron chi connectivity index (χ2n) is 5.68. The molecule has 2 aromatic heterocycles. The van der Waals surface area contributed by atoms with Gasteiger partial charge in [0.15, 0.2) is 5.82 Å². The van der Waals surface area contributed by atoms with Crippen molar-refractivity contribution >= 4 is 17.3 Å². The van der Waals surface area contributed by atoms with E-state index in [4.69, 9.17) is 4.74 Å². The van der Waals surface area contributed by atoms with Gasteiger partial charge in [0, 0.05) is 18.2 Å². The number of anilines is 1. The number of hydrogen-bond donors (Lipinski definition) is 1. The summed E-state index contributed by atoms with van der Waals surface area (Å²) in [5.74, 6) is 1.20. The summed E-state index contributed by atoms with van der Waals surface area (Å²) in [6.07, 6.45) is 2.13. The number of rotatable bonds is 7. The van der Waals surface area contributed by atoms with Crippen LogP contribution >= 0.6 is 0 Å². The SMILES string of the molecule is CCCOc1cc(C)ccc1CNc1ccc2ncc([N+](=O)[O-])n2n1.